The number of carboxylic acids is 1. The number of carbonyl (C=O) groups is 7. The third kappa shape index (κ3) is 11.6. The number of aliphatic carboxylic acids is 1. The smallest absolute Gasteiger partial charge is 0.305 e. The van der Waals surface area contributed by atoms with E-state index in [1.807, 2.05) is 0 Å². The molecular weight excluding hydrogens is 606 g/mol. The molecule has 46 heavy (non-hydrogen) atoms. The highest BCUT2D eigenvalue weighted by Crippen LogP contribution is 2.32. The number of anilines is 1. The molecule has 0 bridgehead atoms. The van der Waals surface area contributed by atoms with Gasteiger partial charge in [0.2, 0.25) is 17.7 Å². The van der Waals surface area contributed by atoms with E-state index < -0.39 is 35.6 Å². The Morgan fingerprint density at radius 1 is 0.804 bits per heavy atom. The standard InChI is InChI=1S/C31H41N3O12/c35-24(32-22-8-6-7-21-28(22)31(42)34(30(21)41)23-12-13-25(36)33-29(23)40)9-2-1-5-14-43-15-16-44-17-18-45-19-20-46-27(39)11-4-3-10-26(37)38/h6-8,23H,1-5,9-20H2,(H,32,35)(H,37,38)(H,33,36,40). The summed E-state index contributed by atoms with van der Waals surface area (Å²) in [5, 5.41) is 13.4. The molecule has 1 fully saturated rings. The average Bonchev–Trinajstić information content (AvgIpc) is 3.27. The van der Waals surface area contributed by atoms with E-state index in [0.29, 0.717) is 52.3 Å². The van der Waals surface area contributed by atoms with Crippen molar-refractivity contribution in [3.63, 3.8) is 0 Å². The van der Waals surface area contributed by atoms with Crippen LogP contribution in [0.25, 0.3) is 0 Å². The summed E-state index contributed by atoms with van der Waals surface area (Å²) in [6.45, 7) is 2.37. The third-order valence-electron chi connectivity index (χ3n) is 7.19. The molecule has 0 aliphatic carbocycles. The molecule has 3 N–H and O–H groups in total. The molecule has 1 aromatic rings. The van der Waals surface area contributed by atoms with Crippen molar-refractivity contribution in [1.29, 1.82) is 0 Å². The van der Waals surface area contributed by atoms with Gasteiger partial charge in [0.25, 0.3) is 11.8 Å². The average molecular weight is 648 g/mol. The van der Waals surface area contributed by atoms with Crippen LogP contribution in [0.1, 0.15) is 84.9 Å². The molecule has 0 radical (unpaired) electrons. The van der Waals surface area contributed by atoms with Gasteiger partial charge < -0.3 is 29.4 Å². The van der Waals surface area contributed by atoms with Crippen molar-refractivity contribution in [2.75, 3.05) is 51.6 Å². The quantitative estimate of drug-likeness (QED) is 0.0937. The lowest BCUT2D eigenvalue weighted by molar-refractivity contribution is -0.146. The number of imide groups is 2. The largest absolute Gasteiger partial charge is 0.481 e. The zero-order valence-electron chi connectivity index (χ0n) is 25.7. The lowest BCUT2D eigenvalue weighted by atomic mass is 10.0. The molecule has 0 saturated carbocycles. The van der Waals surface area contributed by atoms with Crippen LogP contribution in [-0.2, 0) is 42.9 Å². The van der Waals surface area contributed by atoms with Gasteiger partial charge in [0.15, 0.2) is 0 Å². The van der Waals surface area contributed by atoms with E-state index in [2.05, 4.69) is 10.6 Å². The fraction of sp³-hybridized carbons (Fsp3) is 0.581. The predicted octanol–water partition coefficient (Wildman–Crippen LogP) is 1.82. The minimum absolute atomic E-state index is 0.0208. The Bertz CT molecular complexity index is 1270. The minimum atomic E-state index is -1.08. The van der Waals surface area contributed by atoms with E-state index in [9.17, 15) is 33.6 Å². The van der Waals surface area contributed by atoms with Crippen LogP contribution < -0.4 is 10.6 Å². The number of hydrogen-bond acceptors (Lipinski definition) is 11. The molecule has 15 nitrogen and oxygen atoms in total. The first-order chi connectivity index (χ1) is 22.2. The van der Waals surface area contributed by atoms with Crippen molar-refractivity contribution in [3.05, 3.63) is 29.3 Å². The number of amides is 5. The van der Waals surface area contributed by atoms with Crippen LogP contribution in [0.3, 0.4) is 0 Å². The second-order valence-electron chi connectivity index (χ2n) is 10.7. The van der Waals surface area contributed by atoms with Crippen molar-refractivity contribution in [1.82, 2.24) is 10.2 Å². The molecule has 0 spiro atoms. The number of nitrogens with zero attached hydrogens (tertiary/aromatic N) is 1. The molecule has 1 unspecified atom stereocenters. The fourth-order valence-electron chi connectivity index (χ4n) is 4.87. The van der Waals surface area contributed by atoms with E-state index in [4.69, 9.17) is 24.1 Å². The zero-order chi connectivity index (χ0) is 33.3. The molecule has 1 aromatic carbocycles. The van der Waals surface area contributed by atoms with Crippen LogP contribution in [0.4, 0.5) is 5.69 Å². The molecular formula is C31H41N3O12. The highest BCUT2D eigenvalue weighted by molar-refractivity contribution is 6.26. The zero-order valence-corrected chi connectivity index (χ0v) is 25.7. The highest BCUT2D eigenvalue weighted by atomic mass is 16.6. The maximum absolute atomic E-state index is 13.1. The molecule has 15 heteroatoms. The summed E-state index contributed by atoms with van der Waals surface area (Å²) >= 11 is 0. The molecule has 3 rings (SSSR count). The summed E-state index contributed by atoms with van der Waals surface area (Å²) in [6, 6.07) is 3.48. The number of hydrogen-bond donors (Lipinski definition) is 3. The Balaban J connectivity index is 1.19. The number of ether oxygens (including phenoxy) is 4. The summed E-state index contributed by atoms with van der Waals surface area (Å²) in [5.74, 6) is -4.03. The Morgan fingerprint density at radius 2 is 1.46 bits per heavy atom. The summed E-state index contributed by atoms with van der Waals surface area (Å²) in [6.07, 6.45) is 3.48. The van der Waals surface area contributed by atoms with Gasteiger partial charge in [-0.1, -0.05) is 12.5 Å². The second kappa shape index (κ2) is 19.3. The summed E-state index contributed by atoms with van der Waals surface area (Å²) in [7, 11) is 0. The maximum atomic E-state index is 13.1. The van der Waals surface area contributed by atoms with E-state index in [1.54, 1.807) is 6.07 Å². The van der Waals surface area contributed by atoms with Crippen molar-refractivity contribution in [2.24, 2.45) is 0 Å². The van der Waals surface area contributed by atoms with Crippen molar-refractivity contribution in [3.8, 4) is 0 Å². The number of carbonyl (C=O) groups excluding carboxylic acids is 6. The lowest BCUT2D eigenvalue weighted by Crippen LogP contribution is -2.54. The molecule has 5 amide bonds. The van der Waals surface area contributed by atoms with E-state index >= 15 is 0 Å². The van der Waals surface area contributed by atoms with Crippen LogP contribution in [-0.4, -0.2) is 104 Å². The first-order valence-electron chi connectivity index (χ1n) is 15.4. The van der Waals surface area contributed by atoms with Gasteiger partial charge in [-0.2, -0.15) is 0 Å². The highest BCUT2D eigenvalue weighted by Gasteiger charge is 2.45. The predicted molar refractivity (Wildman–Crippen MR) is 160 cm³/mol. The number of nitrogens with one attached hydrogen (secondary N) is 2. The number of unbranched alkanes of at least 4 members (excludes halogenated alkanes) is 3. The van der Waals surface area contributed by atoms with Crippen LogP contribution in [0.2, 0.25) is 0 Å². The first-order valence-corrected chi connectivity index (χ1v) is 15.4. The van der Waals surface area contributed by atoms with Crippen LogP contribution in [0, 0.1) is 0 Å². The van der Waals surface area contributed by atoms with Crippen molar-refractivity contribution < 1.29 is 57.6 Å². The minimum Gasteiger partial charge on any atom is -0.481 e. The number of esters is 1. The summed E-state index contributed by atoms with van der Waals surface area (Å²) in [5.41, 5.74) is 0.342. The van der Waals surface area contributed by atoms with Crippen molar-refractivity contribution >= 4 is 47.2 Å². The molecule has 252 valence electrons. The molecule has 0 aromatic heterocycles. The number of piperidine rings is 1. The van der Waals surface area contributed by atoms with Gasteiger partial charge in [0.1, 0.15) is 12.6 Å². The van der Waals surface area contributed by atoms with Crippen LogP contribution >= 0.6 is 0 Å². The van der Waals surface area contributed by atoms with E-state index in [0.717, 1.165) is 17.7 Å². The molecule has 1 saturated heterocycles. The third-order valence-corrected chi connectivity index (χ3v) is 7.19. The lowest BCUT2D eigenvalue weighted by Gasteiger charge is -2.27. The van der Waals surface area contributed by atoms with Crippen LogP contribution in [0.15, 0.2) is 18.2 Å². The number of benzene rings is 1. The van der Waals surface area contributed by atoms with Gasteiger partial charge >= 0.3 is 11.9 Å². The Morgan fingerprint density at radius 3 is 2.15 bits per heavy atom. The van der Waals surface area contributed by atoms with Gasteiger partial charge in [-0.15, -0.1) is 0 Å². The molecule has 1 atom stereocenters. The van der Waals surface area contributed by atoms with Gasteiger partial charge in [0.05, 0.1) is 49.8 Å². The fourth-order valence-corrected chi connectivity index (χ4v) is 4.87. The first kappa shape index (κ1) is 36.3. The number of fused-ring (bicyclic) bond motifs is 1. The summed E-state index contributed by atoms with van der Waals surface area (Å²) < 4.78 is 21.3. The SMILES string of the molecule is O=C(O)CCCCC(=O)OCCOCCOCCOCCCCCC(=O)Nc1cccc2c1C(=O)N(C1CCC(=O)NC1=O)C2=O. The number of rotatable bonds is 22. The Hall–Kier alpha value is -4.21. The topological polar surface area (TPSA) is 204 Å². The van der Waals surface area contributed by atoms with Gasteiger partial charge in [-0.3, -0.25) is 43.8 Å². The normalized spacial score (nSPS) is 15.9. The second-order valence-corrected chi connectivity index (χ2v) is 10.7. The summed E-state index contributed by atoms with van der Waals surface area (Å²) in [4.78, 5) is 85.2. The monoisotopic (exact) mass is 647 g/mol. The van der Waals surface area contributed by atoms with Crippen molar-refractivity contribution in [2.45, 2.75) is 70.3 Å². The van der Waals surface area contributed by atoms with Gasteiger partial charge in [-0.25, -0.2) is 0 Å². The van der Waals surface area contributed by atoms with Crippen LogP contribution in [0.5, 0.6) is 0 Å². The number of carboxylic acid groups (broad SMARTS) is 1. The van der Waals surface area contributed by atoms with Gasteiger partial charge in [0, 0.05) is 32.3 Å². The van der Waals surface area contributed by atoms with E-state index in [1.165, 1.54) is 12.1 Å². The molecule has 2 aliphatic rings. The maximum Gasteiger partial charge on any atom is 0.305 e. The van der Waals surface area contributed by atoms with E-state index in [-0.39, 0.29) is 74.0 Å². The Labute approximate surface area is 266 Å². The Kier molecular flexibility index (Phi) is 15.2. The molecule has 2 aliphatic heterocycles. The molecule has 2 heterocycles. The van der Waals surface area contributed by atoms with Gasteiger partial charge in [-0.05, 0) is 44.2 Å².